The van der Waals surface area contributed by atoms with Gasteiger partial charge in [-0.05, 0) is 50.1 Å². The Kier molecular flexibility index (Phi) is 7.79. The first-order chi connectivity index (χ1) is 17.5. The number of carbonyl (C=O) groups is 2. The molecule has 11 heteroatoms. The van der Waals surface area contributed by atoms with Crippen molar-refractivity contribution in [1.82, 2.24) is 20.3 Å². The Morgan fingerprint density at radius 1 is 1.14 bits per heavy atom. The molecule has 3 aromatic rings. The zero-order chi connectivity index (χ0) is 25.5. The molecule has 1 unspecified atom stereocenters. The first-order valence-electron chi connectivity index (χ1n) is 11.7. The molecule has 36 heavy (non-hydrogen) atoms. The fourth-order valence-electron chi connectivity index (χ4n) is 3.94. The van der Waals surface area contributed by atoms with E-state index in [1.54, 1.807) is 49.7 Å². The molecule has 0 spiro atoms. The number of hydrogen-bond acceptors (Lipinski definition) is 9. The number of aromatic nitrogens is 3. The Morgan fingerprint density at radius 3 is 2.61 bits per heavy atom. The number of amides is 2. The van der Waals surface area contributed by atoms with Crippen LogP contribution in [0, 0.1) is 0 Å². The van der Waals surface area contributed by atoms with E-state index in [0.717, 1.165) is 19.4 Å². The summed E-state index contributed by atoms with van der Waals surface area (Å²) >= 11 is 0. The number of piperidine rings is 1. The summed E-state index contributed by atoms with van der Waals surface area (Å²) in [5.41, 5.74) is 6.72. The third-order valence-corrected chi connectivity index (χ3v) is 5.72. The standard InChI is InChI=1S/C25H29N7O4/c1-3-36-21-11-8-17(13-27-21)29-24-22(23(26)33)28-14-20(31-24)32-12-4-5-18(15-32)30-25(34)16-6-9-19(35-2)10-7-16/h6-11,13-14,18H,3-5,12,15H2,1-2H3,(H2,26,33)(H,29,31)(H,30,34). The third kappa shape index (κ3) is 5.98. The van der Waals surface area contributed by atoms with Crippen LogP contribution in [0.3, 0.4) is 0 Å². The average Bonchev–Trinajstić information content (AvgIpc) is 2.90. The minimum Gasteiger partial charge on any atom is -0.497 e. The smallest absolute Gasteiger partial charge is 0.271 e. The monoisotopic (exact) mass is 491 g/mol. The van der Waals surface area contributed by atoms with Gasteiger partial charge in [0.1, 0.15) is 11.6 Å². The lowest BCUT2D eigenvalue weighted by Crippen LogP contribution is -2.48. The highest BCUT2D eigenvalue weighted by Gasteiger charge is 2.24. The van der Waals surface area contributed by atoms with Gasteiger partial charge in [-0.15, -0.1) is 0 Å². The van der Waals surface area contributed by atoms with Gasteiger partial charge < -0.3 is 30.7 Å². The predicted molar refractivity (Wildman–Crippen MR) is 135 cm³/mol. The minimum atomic E-state index is -0.696. The van der Waals surface area contributed by atoms with Crippen molar-refractivity contribution in [3.63, 3.8) is 0 Å². The Morgan fingerprint density at radius 2 is 1.94 bits per heavy atom. The zero-order valence-electron chi connectivity index (χ0n) is 20.2. The number of benzene rings is 1. The van der Waals surface area contributed by atoms with Gasteiger partial charge in [0.15, 0.2) is 11.5 Å². The molecule has 2 aromatic heterocycles. The lowest BCUT2D eigenvalue weighted by Gasteiger charge is -2.34. The van der Waals surface area contributed by atoms with E-state index in [9.17, 15) is 9.59 Å². The number of ether oxygens (including phenoxy) is 2. The van der Waals surface area contributed by atoms with Crippen molar-refractivity contribution in [3.8, 4) is 11.6 Å². The van der Waals surface area contributed by atoms with Crippen LogP contribution >= 0.6 is 0 Å². The van der Waals surface area contributed by atoms with Crippen LogP contribution in [0.1, 0.15) is 40.6 Å². The molecule has 3 heterocycles. The summed E-state index contributed by atoms with van der Waals surface area (Å²) in [6.07, 6.45) is 4.80. The molecule has 1 aliphatic heterocycles. The summed E-state index contributed by atoms with van der Waals surface area (Å²) in [6.45, 7) is 3.68. The van der Waals surface area contributed by atoms with Gasteiger partial charge in [0.05, 0.1) is 31.8 Å². The Labute approximate surface area is 209 Å². The normalized spacial score (nSPS) is 15.2. The van der Waals surface area contributed by atoms with Crippen LogP contribution in [0.2, 0.25) is 0 Å². The number of anilines is 3. The fourth-order valence-corrected chi connectivity index (χ4v) is 3.94. The number of rotatable bonds is 9. The molecule has 0 bridgehead atoms. The van der Waals surface area contributed by atoms with Crippen molar-refractivity contribution < 1.29 is 19.1 Å². The maximum Gasteiger partial charge on any atom is 0.271 e. The molecule has 4 rings (SSSR count). The molecule has 1 atom stereocenters. The van der Waals surface area contributed by atoms with E-state index in [4.69, 9.17) is 15.2 Å². The van der Waals surface area contributed by atoms with Crippen LogP contribution in [0.4, 0.5) is 17.3 Å². The number of nitrogens with zero attached hydrogens (tertiary/aromatic N) is 4. The number of methoxy groups -OCH3 is 1. The van der Waals surface area contributed by atoms with E-state index in [1.807, 2.05) is 11.8 Å². The Balaban J connectivity index is 1.47. The maximum absolute atomic E-state index is 12.7. The van der Waals surface area contributed by atoms with Crippen molar-refractivity contribution in [2.45, 2.75) is 25.8 Å². The number of pyridine rings is 1. The van der Waals surface area contributed by atoms with E-state index in [0.29, 0.717) is 41.8 Å². The van der Waals surface area contributed by atoms with Gasteiger partial charge in [-0.2, -0.15) is 0 Å². The van der Waals surface area contributed by atoms with Gasteiger partial charge in [0.2, 0.25) is 5.88 Å². The molecule has 0 aliphatic carbocycles. The predicted octanol–water partition coefficient (Wildman–Crippen LogP) is 2.52. The highest BCUT2D eigenvalue weighted by molar-refractivity contribution is 5.96. The van der Waals surface area contributed by atoms with Crippen molar-refractivity contribution >= 4 is 29.1 Å². The van der Waals surface area contributed by atoms with Crippen LogP contribution in [0.5, 0.6) is 11.6 Å². The van der Waals surface area contributed by atoms with Crippen molar-refractivity contribution in [2.75, 3.05) is 37.0 Å². The second kappa shape index (κ2) is 11.3. The van der Waals surface area contributed by atoms with Gasteiger partial charge in [0, 0.05) is 30.8 Å². The van der Waals surface area contributed by atoms with E-state index < -0.39 is 5.91 Å². The van der Waals surface area contributed by atoms with Crippen LogP contribution in [-0.4, -0.2) is 59.6 Å². The summed E-state index contributed by atoms with van der Waals surface area (Å²) in [7, 11) is 1.58. The summed E-state index contributed by atoms with van der Waals surface area (Å²) in [4.78, 5) is 39.8. The molecule has 1 fully saturated rings. The zero-order valence-corrected chi connectivity index (χ0v) is 20.2. The third-order valence-electron chi connectivity index (χ3n) is 5.72. The molecule has 1 aromatic carbocycles. The minimum absolute atomic E-state index is 0.0222. The molecule has 0 radical (unpaired) electrons. The van der Waals surface area contributed by atoms with E-state index >= 15 is 0 Å². The molecule has 2 amide bonds. The van der Waals surface area contributed by atoms with Gasteiger partial charge in [-0.3, -0.25) is 9.59 Å². The van der Waals surface area contributed by atoms with Crippen LogP contribution < -0.4 is 30.7 Å². The molecule has 0 saturated carbocycles. The Bertz CT molecular complexity index is 1200. The lowest BCUT2D eigenvalue weighted by molar-refractivity contribution is 0.0931. The molecule has 188 valence electrons. The molecule has 4 N–H and O–H groups in total. The summed E-state index contributed by atoms with van der Waals surface area (Å²) in [5, 5.41) is 6.17. The second-order valence-corrected chi connectivity index (χ2v) is 8.22. The molecular weight excluding hydrogens is 462 g/mol. The largest absolute Gasteiger partial charge is 0.497 e. The first-order valence-corrected chi connectivity index (χ1v) is 11.7. The highest BCUT2D eigenvalue weighted by atomic mass is 16.5. The van der Waals surface area contributed by atoms with Crippen LogP contribution in [0.25, 0.3) is 0 Å². The average molecular weight is 492 g/mol. The Hall–Kier alpha value is -4.41. The molecule has 1 saturated heterocycles. The quantitative estimate of drug-likeness (QED) is 0.411. The highest BCUT2D eigenvalue weighted by Crippen LogP contribution is 2.24. The van der Waals surface area contributed by atoms with Gasteiger partial charge in [0.25, 0.3) is 11.8 Å². The summed E-state index contributed by atoms with van der Waals surface area (Å²) < 4.78 is 10.5. The SMILES string of the molecule is CCOc1ccc(Nc2nc(N3CCCC(NC(=O)c4ccc(OC)cc4)C3)cnc2C(N)=O)cn1. The number of hydrogen-bond donors (Lipinski definition) is 3. The number of nitrogens with two attached hydrogens (primary N) is 1. The number of primary amides is 1. The van der Waals surface area contributed by atoms with E-state index in [-0.39, 0.29) is 23.5 Å². The second-order valence-electron chi connectivity index (χ2n) is 8.22. The molecule has 11 nitrogen and oxygen atoms in total. The molecular formula is C25H29N7O4. The van der Waals surface area contributed by atoms with Gasteiger partial charge in [-0.25, -0.2) is 15.0 Å². The summed E-state index contributed by atoms with van der Waals surface area (Å²) in [5.74, 6) is 1.15. The van der Waals surface area contributed by atoms with E-state index in [2.05, 4.69) is 25.6 Å². The molecule has 1 aliphatic rings. The maximum atomic E-state index is 12.7. The number of carbonyl (C=O) groups excluding carboxylic acids is 2. The van der Waals surface area contributed by atoms with Crippen molar-refractivity contribution in [2.24, 2.45) is 5.73 Å². The van der Waals surface area contributed by atoms with Crippen LogP contribution in [-0.2, 0) is 0 Å². The van der Waals surface area contributed by atoms with E-state index in [1.165, 1.54) is 6.20 Å². The van der Waals surface area contributed by atoms with Crippen molar-refractivity contribution in [1.29, 1.82) is 0 Å². The first kappa shape index (κ1) is 24.7. The number of nitrogens with one attached hydrogen (secondary N) is 2. The fraction of sp³-hybridized carbons (Fsp3) is 0.320. The summed E-state index contributed by atoms with van der Waals surface area (Å²) in [6, 6.07) is 10.4. The van der Waals surface area contributed by atoms with Gasteiger partial charge in [-0.1, -0.05) is 0 Å². The lowest BCUT2D eigenvalue weighted by atomic mass is 10.0. The van der Waals surface area contributed by atoms with Gasteiger partial charge >= 0.3 is 0 Å². The van der Waals surface area contributed by atoms with Crippen LogP contribution in [0.15, 0.2) is 48.8 Å². The van der Waals surface area contributed by atoms with Crippen molar-refractivity contribution in [3.05, 3.63) is 60.0 Å². The topological polar surface area (TPSA) is 145 Å².